The third-order valence-corrected chi connectivity index (χ3v) is 5.50. The van der Waals surface area contributed by atoms with E-state index in [1.54, 1.807) is 11.0 Å². The molecule has 138 valence electrons. The van der Waals surface area contributed by atoms with Crippen LogP contribution in [0.4, 0.5) is 0 Å². The molecule has 0 fully saturated rings. The van der Waals surface area contributed by atoms with Crippen LogP contribution in [0.5, 0.6) is 0 Å². The average Bonchev–Trinajstić information content (AvgIpc) is 3.23. The number of carbonyl (C=O) groups excluding carboxylic acids is 1. The molecule has 3 aromatic carbocycles. The van der Waals surface area contributed by atoms with Crippen LogP contribution < -0.4 is 0 Å². The molecule has 0 saturated heterocycles. The van der Waals surface area contributed by atoms with E-state index in [0.717, 1.165) is 27.7 Å². The number of aromatic amines is 1. The number of aliphatic hydroxyl groups is 1. The highest BCUT2D eigenvalue weighted by atomic mass is 16.3. The number of aromatic nitrogens is 1. The molecule has 2 N–H and O–H groups in total. The molecule has 2 heterocycles. The van der Waals surface area contributed by atoms with Crippen molar-refractivity contribution in [2.75, 3.05) is 6.54 Å². The Labute approximate surface area is 163 Å². The number of aliphatic hydroxyl groups excluding tert-OH is 1. The first-order chi connectivity index (χ1) is 13.7. The van der Waals surface area contributed by atoms with Crippen molar-refractivity contribution in [1.29, 1.82) is 0 Å². The third-order valence-electron chi connectivity index (χ3n) is 5.50. The molecule has 1 atom stereocenters. The van der Waals surface area contributed by atoms with Gasteiger partial charge in [0.2, 0.25) is 0 Å². The van der Waals surface area contributed by atoms with Gasteiger partial charge in [-0.15, -0.1) is 0 Å². The number of amides is 1. The smallest absolute Gasteiger partial charge is 0.256 e. The van der Waals surface area contributed by atoms with E-state index in [1.165, 1.54) is 0 Å². The van der Waals surface area contributed by atoms with E-state index in [1.807, 2.05) is 48.5 Å². The summed E-state index contributed by atoms with van der Waals surface area (Å²) in [6.07, 6.45) is -0.223. The van der Waals surface area contributed by atoms with Crippen molar-refractivity contribution in [3.8, 4) is 11.3 Å². The molecule has 0 saturated carbocycles. The predicted octanol–water partition coefficient (Wildman–Crippen LogP) is 4.52. The van der Waals surface area contributed by atoms with Crippen LogP contribution in [0.3, 0.4) is 0 Å². The third kappa shape index (κ3) is 2.62. The minimum Gasteiger partial charge on any atom is -0.369 e. The summed E-state index contributed by atoms with van der Waals surface area (Å²) in [5, 5.41) is 11.8. The second-order valence-electron chi connectivity index (χ2n) is 7.10. The molecule has 4 heteroatoms. The van der Waals surface area contributed by atoms with E-state index in [0.29, 0.717) is 24.1 Å². The van der Waals surface area contributed by atoms with E-state index < -0.39 is 6.23 Å². The van der Waals surface area contributed by atoms with Gasteiger partial charge in [0.15, 0.2) is 6.23 Å². The van der Waals surface area contributed by atoms with Crippen LogP contribution in [-0.2, 0) is 6.42 Å². The maximum Gasteiger partial charge on any atom is 0.256 e. The average molecular weight is 368 g/mol. The highest BCUT2D eigenvalue weighted by molar-refractivity contribution is 5.99. The quantitative estimate of drug-likeness (QED) is 0.556. The van der Waals surface area contributed by atoms with Gasteiger partial charge in [-0.1, -0.05) is 66.7 Å². The van der Waals surface area contributed by atoms with E-state index >= 15 is 0 Å². The highest BCUT2D eigenvalue weighted by Crippen LogP contribution is 2.34. The molecule has 1 unspecified atom stereocenters. The second-order valence-corrected chi connectivity index (χ2v) is 7.10. The predicted molar refractivity (Wildman–Crippen MR) is 110 cm³/mol. The van der Waals surface area contributed by atoms with Crippen LogP contribution in [0.2, 0.25) is 0 Å². The standard InChI is InChI=1S/C24H20N2O2/c27-23-19-11-4-5-12-20(19)24(28)26(23)15-14-18-17-10-6-7-13-21(17)25-22(18)16-8-2-1-3-9-16/h1-13,23,25,27H,14-15H2. The van der Waals surface area contributed by atoms with Gasteiger partial charge in [-0.3, -0.25) is 4.79 Å². The zero-order valence-electron chi connectivity index (χ0n) is 15.3. The Balaban J connectivity index is 1.50. The molecule has 0 aliphatic carbocycles. The minimum absolute atomic E-state index is 0.107. The first kappa shape index (κ1) is 16.8. The van der Waals surface area contributed by atoms with Crippen molar-refractivity contribution in [3.63, 3.8) is 0 Å². The van der Waals surface area contributed by atoms with Gasteiger partial charge in [-0.05, 0) is 29.7 Å². The fourth-order valence-corrected chi connectivity index (χ4v) is 4.12. The summed E-state index contributed by atoms with van der Waals surface area (Å²) < 4.78 is 0. The van der Waals surface area contributed by atoms with Gasteiger partial charge in [0.25, 0.3) is 5.91 Å². The molecule has 4 aromatic rings. The number of nitrogens with one attached hydrogen (secondary N) is 1. The van der Waals surface area contributed by atoms with Crippen LogP contribution >= 0.6 is 0 Å². The number of hydrogen-bond donors (Lipinski definition) is 2. The molecule has 1 aliphatic heterocycles. The lowest BCUT2D eigenvalue weighted by Gasteiger charge is -2.21. The number of hydrogen-bond acceptors (Lipinski definition) is 2. The molecule has 1 aliphatic rings. The summed E-state index contributed by atoms with van der Waals surface area (Å²) in [7, 11) is 0. The van der Waals surface area contributed by atoms with Crippen molar-refractivity contribution >= 4 is 16.8 Å². The fourth-order valence-electron chi connectivity index (χ4n) is 4.12. The first-order valence-corrected chi connectivity index (χ1v) is 9.47. The number of rotatable bonds is 4. The van der Waals surface area contributed by atoms with Crippen LogP contribution in [0.1, 0.15) is 27.7 Å². The summed E-state index contributed by atoms with van der Waals surface area (Å²) in [6.45, 7) is 0.455. The summed E-state index contributed by atoms with van der Waals surface area (Å²) in [5.74, 6) is -0.107. The Bertz CT molecular complexity index is 1160. The molecule has 4 nitrogen and oxygen atoms in total. The second kappa shape index (κ2) is 6.66. The molecule has 0 bridgehead atoms. The maximum absolute atomic E-state index is 12.7. The topological polar surface area (TPSA) is 56.3 Å². The van der Waals surface area contributed by atoms with Gasteiger partial charge in [0.1, 0.15) is 0 Å². The van der Waals surface area contributed by atoms with Gasteiger partial charge in [-0.2, -0.15) is 0 Å². The zero-order valence-corrected chi connectivity index (χ0v) is 15.3. The van der Waals surface area contributed by atoms with Gasteiger partial charge < -0.3 is 15.0 Å². The summed E-state index contributed by atoms with van der Waals surface area (Å²) in [5.41, 5.74) is 5.71. The molecule has 5 rings (SSSR count). The lowest BCUT2D eigenvalue weighted by molar-refractivity contribution is 0.0183. The Morgan fingerprint density at radius 2 is 1.61 bits per heavy atom. The minimum atomic E-state index is -0.880. The van der Waals surface area contributed by atoms with E-state index in [2.05, 4.69) is 29.2 Å². The number of H-pyrrole nitrogens is 1. The Hall–Kier alpha value is -3.37. The van der Waals surface area contributed by atoms with Gasteiger partial charge in [0.05, 0.1) is 0 Å². The highest BCUT2D eigenvalue weighted by Gasteiger charge is 2.34. The Morgan fingerprint density at radius 1 is 0.893 bits per heavy atom. The number of nitrogens with zero attached hydrogens (tertiary/aromatic N) is 1. The zero-order chi connectivity index (χ0) is 19.1. The number of carbonyl (C=O) groups is 1. The number of benzene rings is 3. The monoisotopic (exact) mass is 368 g/mol. The van der Waals surface area contributed by atoms with Crippen LogP contribution in [0, 0.1) is 0 Å². The fraction of sp³-hybridized carbons (Fsp3) is 0.125. The maximum atomic E-state index is 12.7. The summed E-state index contributed by atoms with van der Waals surface area (Å²) in [4.78, 5) is 17.8. The van der Waals surface area contributed by atoms with E-state index in [-0.39, 0.29) is 5.91 Å². The van der Waals surface area contributed by atoms with Crippen molar-refractivity contribution in [2.24, 2.45) is 0 Å². The first-order valence-electron chi connectivity index (χ1n) is 9.47. The van der Waals surface area contributed by atoms with Gasteiger partial charge >= 0.3 is 0 Å². The molecule has 28 heavy (non-hydrogen) atoms. The van der Waals surface area contributed by atoms with E-state index in [9.17, 15) is 9.90 Å². The summed E-state index contributed by atoms with van der Waals surface area (Å²) in [6, 6.07) is 25.7. The van der Waals surface area contributed by atoms with Crippen molar-refractivity contribution in [2.45, 2.75) is 12.6 Å². The number of fused-ring (bicyclic) bond motifs is 2. The lowest BCUT2D eigenvalue weighted by atomic mass is 10.0. The van der Waals surface area contributed by atoms with Crippen LogP contribution in [0.15, 0.2) is 78.9 Å². The van der Waals surface area contributed by atoms with Crippen LogP contribution in [0.25, 0.3) is 22.2 Å². The molecular formula is C24H20N2O2. The van der Waals surface area contributed by atoms with Gasteiger partial charge in [0, 0.05) is 34.3 Å². The molecular weight excluding hydrogens is 348 g/mol. The molecule has 0 spiro atoms. The Morgan fingerprint density at radius 3 is 2.43 bits per heavy atom. The molecule has 1 aromatic heterocycles. The largest absolute Gasteiger partial charge is 0.369 e. The van der Waals surface area contributed by atoms with Crippen LogP contribution in [-0.4, -0.2) is 27.4 Å². The Kier molecular flexibility index (Phi) is 3.99. The van der Waals surface area contributed by atoms with Crippen molar-refractivity contribution in [3.05, 3.63) is 95.6 Å². The normalized spacial score (nSPS) is 16.0. The SMILES string of the molecule is O=C1c2ccccc2C(O)N1CCc1c(-c2ccccc2)[nH]c2ccccc12. The van der Waals surface area contributed by atoms with E-state index in [4.69, 9.17) is 0 Å². The van der Waals surface area contributed by atoms with Crippen molar-refractivity contribution < 1.29 is 9.90 Å². The number of para-hydroxylation sites is 1. The lowest BCUT2D eigenvalue weighted by Crippen LogP contribution is -2.30. The molecule has 0 radical (unpaired) electrons. The molecule has 1 amide bonds. The summed E-state index contributed by atoms with van der Waals surface area (Å²) >= 11 is 0. The van der Waals surface area contributed by atoms with Crippen molar-refractivity contribution in [1.82, 2.24) is 9.88 Å². The van der Waals surface area contributed by atoms with Gasteiger partial charge in [-0.25, -0.2) is 0 Å².